The molecule has 0 saturated carbocycles. The Hall–Kier alpha value is -2.32. The lowest BCUT2D eigenvalue weighted by atomic mass is 10.0. The van der Waals surface area contributed by atoms with Gasteiger partial charge in [-0.25, -0.2) is 17.2 Å². The van der Waals surface area contributed by atoms with Gasteiger partial charge >= 0.3 is 0 Å². The fourth-order valence-electron chi connectivity index (χ4n) is 2.96. The highest BCUT2D eigenvalue weighted by molar-refractivity contribution is 7.89. The number of carbonyl (C=O) groups is 1. The van der Waals surface area contributed by atoms with Crippen LogP contribution in [0.15, 0.2) is 47.4 Å². The summed E-state index contributed by atoms with van der Waals surface area (Å²) in [5.74, 6) is -2.00. The van der Waals surface area contributed by atoms with E-state index in [0.29, 0.717) is 19.0 Å². The topological polar surface area (TPSA) is 66.5 Å². The molecule has 8 heteroatoms. The molecule has 3 rings (SSSR count). The van der Waals surface area contributed by atoms with Crippen LogP contribution < -0.4 is 5.32 Å². The number of amides is 1. The quantitative estimate of drug-likeness (QED) is 0.861. The minimum absolute atomic E-state index is 0.0886. The van der Waals surface area contributed by atoms with E-state index >= 15 is 0 Å². The van der Waals surface area contributed by atoms with Gasteiger partial charge in [0.25, 0.3) is 5.91 Å². The highest BCUT2D eigenvalue weighted by Crippen LogP contribution is 2.24. The monoisotopic (exact) mass is 394 g/mol. The molecule has 27 heavy (non-hydrogen) atoms. The van der Waals surface area contributed by atoms with Crippen LogP contribution in [0.25, 0.3) is 0 Å². The lowest BCUT2D eigenvalue weighted by Gasteiger charge is -2.29. The molecule has 1 heterocycles. The molecule has 1 aliphatic rings. The van der Waals surface area contributed by atoms with Crippen molar-refractivity contribution in [3.63, 3.8) is 0 Å². The van der Waals surface area contributed by atoms with Crippen molar-refractivity contribution in [2.75, 3.05) is 18.4 Å². The molecule has 2 aromatic rings. The molecule has 0 radical (unpaired) electrons. The average Bonchev–Trinajstić information content (AvgIpc) is 2.65. The van der Waals surface area contributed by atoms with E-state index in [1.54, 1.807) is 0 Å². The van der Waals surface area contributed by atoms with Crippen LogP contribution in [-0.2, 0) is 10.0 Å². The first-order chi connectivity index (χ1) is 12.8. The first-order valence-electron chi connectivity index (χ1n) is 8.64. The average molecular weight is 394 g/mol. The van der Waals surface area contributed by atoms with E-state index in [9.17, 15) is 22.0 Å². The summed E-state index contributed by atoms with van der Waals surface area (Å²) in [6.45, 7) is 3.03. The molecule has 0 unspecified atom stereocenters. The molecule has 144 valence electrons. The lowest BCUT2D eigenvalue weighted by molar-refractivity contribution is 0.102. The second-order valence-corrected chi connectivity index (χ2v) is 8.60. The third kappa shape index (κ3) is 4.17. The van der Waals surface area contributed by atoms with Crippen molar-refractivity contribution >= 4 is 21.6 Å². The van der Waals surface area contributed by atoms with Gasteiger partial charge in [0.15, 0.2) is 0 Å². The second kappa shape index (κ2) is 7.74. The third-order valence-electron chi connectivity index (χ3n) is 4.70. The molecule has 1 N–H and O–H groups in total. The molecule has 1 saturated heterocycles. The third-order valence-corrected chi connectivity index (χ3v) is 6.61. The van der Waals surface area contributed by atoms with Crippen molar-refractivity contribution in [3.8, 4) is 0 Å². The number of para-hydroxylation sites is 1. The Morgan fingerprint density at radius 2 is 1.59 bits per heavy atom. The van der Waals surface area contributed by atoms with E-state index in [4.69, 9.17) is 0 Å². The Kier molecular flexibility index (Phi) is 5.57. The maximum atomic E-state index is 13.6. The van der Waals surface area contributed by atoms with Crippen LogP contribution in [-0.4, -0.2) is 31.7 Å². The fourth-order valence-corrected chi connectivity index (χ4v) is 4.43. The molecule has 0 bridgehead atoms. The predicted molar refractivity (Wildman–Crippen MR) is 97.9 cm³/mol. The summed E-state index contributed by atoms with van der Waals surface area (Å²) in [7, 11) is -3.62. The van der Waals surface area contributed by atoms with Gasteiger partial charge < -0.3 is 5.32 Å². The zero-order valence-corrected chi connectivity index (χ0v) is 15.6. The van der Waals surface area contributed by atoms with E-state index in [2.05, 4.69) is 12.2 Å². The van der Waals surface area contributed by atoms with Gasteiger partial charge in [-0.05, 0) is 55.2 Å². The van der Waals surface area contributed by atoms with E-state index < -0.39 is 33.3 Å². The Balaban J connectivity index is 1.76. The van der Waals surface area contributed by atoms with Crippen LogP contribution in [0.3, 0.4) is 0 Å². The molecular weight excluding hydrogens is 374 g/mol. The predicted octanol–water partition coefficient (Wildman–Crippen LogP) is 3.64. The lowest BCUT2D eigenvalue weighted by Crippen LogP contribution is -2.37. The molecule has 2 aromatic carbocycles. The molecule has 0 aromatic heterocycles. The van der Waals surface area contributed by atoms with Gasteiger partial charge in [-0.1, -0.05) is 13.0 Å². The van der Waals surface area contributed by atoms with Gasteiger partial charge in [0, 0.05) is 18.7 Å². The molecule has 1 aliphatic heterocycles. The summed E-state index contributed by atoms with van der Waals surface area (Å²) in [6, 6.07) is 8.59. The van der Waals surface area contributed by atoms with Crippen LogP contribution >= 0.6 is 0 Å². The number of anilines is 1. The molecule has 1 fully saturated rings. The van der Waals surface area contributed by atoms with Gasteiger partial charge in [0.1, 0.15) is 17.3 Å². The number of nitrogens with one attached hydrogen (secondary N) is 1. The van der Waals surface area contributed by atoms with Crippen molar-refractivity contribution < 1.29 is 22.0 Å². The summed E-state index contributed by atoms with van der Waals surface area (Å²) in [4.78, 5) is 12.3. The Morgan fingerprint density at radius 1 is 1.04 bits per heavy atom. The van der Waals surface area contributed by atoms with Gasteiger partial charge in [-0.2, -0.15) is 4.31 Å². The molecule has 0 atom stereocenters. The van der Waals surface area contributed by atoms with Crippen LogP contribution in [0.2, 0.25) is 0 Å². The van der Waals surface area contributed by atoms with Crippen molar-refractivity contribution in [2.24, 2.45) is 5.92 Å². The van der Waals surface area contributed by atoms with Crippen molar-refractivity contribution in [3.05, 3.63) is 59.7 Å². The molecule has 5 nitrogen and oxygen atoms in total. The van der Waals surface area contributed by atoms with Crippen LogP contribution in [0.1, 0.15) is 30.1 Å². The summed E-state index contributed by atoms with van der Waals surface area (Å²) in [5, 5.41) is 2.17. The largest absolute Gasteiger partial charge is 0.317 e. The normalized spacial score (nSPS) is 16.3. The SMILES string of the molecule is CC1CCN(S(=O)(=O)c2ccc(C(=O)Nc3c(F)cccc3F)cc2)CC1. The first kappa shape index (κ1) is 19.4. The number of carbonyl (C=O) groups excluding carboxylic acids is 1. The number of benzene rings is 2. The fraction of sp³-hybridized carbons (Fsp3) is 0.316. The van der Waals surface area contributed by atoms with Gasteiger partial charge in [0.05, 0.1) is 4.90 Å². The number of rotatable bonds is 4. The molecule has 1 amide bonds. The first-order valence-corrected chi connectivity index (χ1v) is 10.1. The summed E-state index contributed by atoms with van der Waals surface area (Å²) in [5.41, 5.74) is -0.439. The summed E-state index contributed by atoms with van der Waals surface area (Å²) < 4.78 is 54.1. The van der Waals surface area contributed by atoms with Crippen LogP contribution in [0.4, 0.5) is 14.5 Å². The van der Waals surface area contributed by atoms with Gasteiger partial charge in [-0.3, -0.25) is 4.79 Å². The van der Waals surface area contributed by atoms with Crippen LogP contribution in [0, 0.1) is 17.6 Å². The van der Waals surface area contributed by atoms with Crippen molar-refractivity contribution in [1.29, 1.82) is 0 Å². The summed E-state index contributed by atoms with van der Waals surface area (Å²) >= 11 is 0. The maximum absolute atomic E-state index is 13.6. The highest BCUT2D eigenvalue weighted by atomic mass is 32.2. The van der Waals surface area contributed by atoms with Crippen LogP contribution in [0.5, 0.6) is 0 Å². The minimum Gasteiger partial charge on any atom is -0.317 e. The molecule has 0 spiro atoms. The Labute approximate surface area is 157 Å². The Bertz CT molecular complexity index is 918. The number of hydrogen-bond donors (Lipinski definition) is 1. The zero-order valence-electron chi connectivity index (χ0n) is 14.8. The van der Waals surface area contributed by atoms with Gasteiger partial charge in [0.2, 0.25) is 10.0 Å². The number of sulfonamides is 1. The smallest absolute Gasteiger partial charge is 0.255 e. The molecular formula is C19H20F2N2O3S. The van der Waals surface area contributed by atoms with Crippen molar-refractivity contribution in [1.82, 2.24) is 4.31 Å². The van der Waals surface area contributed by atoms with E-state index in [1.165, 1.54) is 34.6 Å². The van der Waals surface area contributed by atoms with E-state index in [-0.39, 0.29) is 10.5 Å². The standard InChI is InChI=1S/C19H20F2N2O3S/c1-13-9-11-23(12-10-13)27(25,26)15-7-5-14(6-8-15)19(24)22-18-16(20)3-2-4-17(18)21/h2-8,13H,9-12H2,1H3,(H,22,24). The van der Waals surface area contributed by atoms with E-state index in [1.807, 2.05) is 0 Å². The number of halogens is 2. The Morgan fingerprint density at radius 3 is 2.15 bits per heavy atom. The van der Waals surface area contributed by atoms with E-state index in [0.717, 1.165) is 25.0 Å². The number of nitrogens with zero attached hydrogens (tertiary/aromatic N) is 1. The van der Waals surface area contributed by atoms with Gasteiger partial charge in [-0.15, -0.1) is 0 Å². The highest BCUT2D eigenvalue weighted by Gasteiger charge is 2.28. The number of piperidine rings is 1. The minimum atomic E-state index is -3.62. The maximum Gasteiger partial charge on any atom is 0.255 e. The number of hydrogen-bond acceptors (Lipinski definition) is 3. The summed E-state index contributed by atoms with van der Waals surface area (Å²) in [6.07, 6.45) is 1.63. The molecule has 0 aliphatic carbocycles. The second-order valence-electron chi connectivity index (χ2n) is 6.66. The van der Waals surface area contributed by atoms with Crippen molar-refractivity contribution in [2.45, 2.75) is 24.7 Å². The zero-order chi connectivity index (χ0) is 19.6.